The van der Waals surface area contributed by atoms with Gasteiger partial charge in [-0.15, -0.1) is 0 Å². The van der Waals surface area contributed by atoms with Crippen LogP contribution in [0.4, 0.5) is 0 Å². The van der Waals surface area contributed by atoms with E-state index < -0.39 is 16.0 Å². The topological polar surface area (TPSA) is 90.7 Å². The van der Waals surface area contributed by atoms with E-state index in [4.69, 9.17) is 0 Å². The van der Waals surface area contributed by atoms with Crippen LogP contribution in [0.5, 0.6) is 0 Å². The highest BCUT2D eigenvalue weighted by molar-refractivity contribution is 7.89. The Balaban J connectivity index is 2.96. The molecule has 0 aliphatic heterocycles. The molecule has 0 saturated carbocycles. The van der Waals surface area contributed by atoms with Crippen molar-refractivity contribution in [1.82, 2.24) is 4.72 Å². The van der Waals surface area contributed by atoms with Gasteiger partial charge in [0, 0.05) is 0 Å². The molecule has 116 valence electrons. The van der Waals surface area contributed by atoms with Crippen molar-refractivity contribution in [2.45, 2.75) is 11.8 Å². The maximum absolute atomic E-state index is 12.1. The summed E-state index contributed by atoms with van der Waals surface area (Å²) >= 11 is 0. The Labute approximate surface area is 125 Å². The monoisotopic (exact) mass is 312 g/mol. The molecule has 0 amide bonds. The van der Waals surface area contributed by atoms with Crippen molar-refractivity contribution in [3.05, 3.63) is 35.9 Å². The number of carboxylic acids is 1. The van der Waals surface area contributed by atoms with Gasteiger partial charge in [-0.3, -0.25) is 0 Å². The van der Waals surface area contributed by atoms with E-state index in [9.17, 15) is 18.3 Å². The van der Waals surface area contributed by atoms with Gasteiger partial charge in [-0.1, -0.05) is 12.1 Å². The molecule has 1 rings (SSSR count). The summed E-state index contributed by atoms with van der Waals surface area (Å²) in [4.78, 5) is 11.8. The van der Waals surface area contributed by atoms with Gasteiger partial charge in [0.25, 0.3) is 0 Å². The number of carbonyl (C=O) groups is 1. The fourth-order valence-corrected chi connectivity index (χ4v) is 2.76. The van der Waals surface area contributed by atoms with E-state index >= 15 is 0 Å². The lowest BCUT2D eigenvalue weighted by molar-refractivity contribution is -0.856. The van der Waals surface area contributed by atoms with Crippen molar-refractivity contribution >= 4 is 21.6 Å². The summed E-state index contributed by atoms with van der Waals surface area (Å²) in [7, 11) is 0.273. The molecule has 1 aromatic carbocycles. The second kappa shape index (κ2) is 7.35. The number of carbonyl (C=O) groups excluding carboxylic acids is 1. The molecule has 0 fully saturated rings. The maximum Gasteiger partial charge on any atom is 0.240 e. The van der Waals surface area contributed by atoms with Gasteiger partial charge in [0.05, 0.1) is 38.0 Å². The quantitative estimate of drug-likeness (QED) is 0.585. The van der Waals surface area contributed by atoms with E-state index in [0.29, 0.717) is 24.2 Å². The molecule has 0 heterocycles. The van der Waals surface area contributed by atoms with Crippen LogP contribution < -0.4 is 14.7 Å². The van der Waals surface area contributed by atoms with Gasteiger partial charge in [-0.2, -0.15) is 0 Å². The number of benzene rings is 1. The summed E-state index contributed by atoms with van der Waals surface area (Å²) in [5, 5.41) is 10.5. The zero-order valence-electron chi connectivity index (χ0n) is 12.3. The van der Waals surface area contributed by atoms with E-state index in [-0.39, 0.29) is 4.90 Å². The Morgan fingerprint density at radius 3 is 2.62 bits per heavy atom. The van der Waals surface area contributed by atoms with Gasteiger partial charge in [-0.05, 0) is 36.3 Å². The largest absolute Gasteiger partial charge is 0.545 e. The third kappa shape index (κ3) is 5.66. The second-order valence-corrected chi connectivity index (χ2v) is 6.80. The molecule has 0 bridgehead atoms. The van der Waals surface area contributed by atoms with Crippen LogP contribution in [-0.4, -0.2) is 41.6 Å². The lowest BCUT2D eigenvalue weighted by Gasteiger charge is -2.10. The number of carboxylic acid groups (broad SMARTS) is 1. The van der Waals surface area contributed by atoms with Crippen LogP contribution in [0.1, 0.15) is 12.5 Å². The summed E-state index contributed by atoms with van der Waals surface area (Å²) in [6.07, 6.45) is 0.939. The molecule has 0 spiro atoms. The Morgan fingerprint density at radius 2 is 2.05 bits per heavy atom. The van der Waals surface area contributed by atoms with E-state index in [0.717, 1.165) is 11.0 Å². The number of hydrogen-bond donors (Lipinski definition) is 2. The van der Waals surface area contributed by atoms with Crippen LogP contribution in [0.2, 0.25) is 0 Å². The van der Waals surface area contributed by atoms with Gasteiger partial charge >= 0.3 is 0 Å². The van der Waals surface area contributed by atoms with Crippen molar-refractivity contribution < 1.29 is 23.2 Å². The molecule has 2 N–H and O–H groups in total. The summed E-state index contributed by atoms with van der Waals surface area (Å²) in [5.74, 6) is -1.31. The molecule has 0 saturated heterocycles. The normalized spacial score (nSPS) is 12.7. The van der Waals surface area contributed by atoms with Crippen molar-refractivity contribution in [2.75, 3.05) is 27.2 Å². The lowest BCUT2D eigenvalue weighted by Crippen LogP contribution is -3.06. The maximum atomic E-state index is 12.1. The average Bonchev–Trinajstić information content (AvgIpc) is 2.37. The molecule has 0 aliphatic rings. The SMILES string of the molecule is C/C(=C\C(=O)[O-])c1cccc(S(=O)(=O)NCC[NH+](C)C)c1. The molecule has 0 aliphatic carbocycles. The van der Waals surface area contributed by atoms with E-state index in [1.54, 1.807) is 19.1 Å². The van der Waals surface area contributed by atoms with Crippen molar-refractivity contribution in [3.63, 3.8) is 0 Å². The molecule has 0 radical (unpaired) electrons. The standard InChI is InChI=1S/C14H20N2O4S/c1-11(9-14(17)18)12-5-4-6-13(10-12)21(19,20)15-7-8-16(2)3/h4-6,9-10,15H,7-8H2,1-3H3,(H,17,18)/b11-9+. The smallest absolute Gasteiger partial charge is 0.240 e. The zero-order valence-corrected chi connectivity index (χ0v) is 13.2. The first-order valence-electron chi connectivity index (χ1n) is 6.51. The van der Waals surface area contributed by atoms with Gasteiger partial charge in [0.1, 0.15) is 0 Å². The number of hydrogen-bond acceptors (Lipinski definition) is 4. The lowest BCUT2D eigenvalue weighted by atomic mass is 10.1. The minimum absolute atomic E-state index is 0.111. The van der Waals surface area contributed by atoms with E-state index in [2.05, 4.69) is 4.72 Å². The van der Waals surface area contributed by atoms with Gasteiger partial charge in [0.15, 0.2) is 0 Å². The Bertz CT molecular complexity index is 636. The van der Waals surface area contributed by atoms with Crippen molar-refractivity contribution in [1.29, 1.82) is 0 Å². The third-order valence-corrected chi connectivity index (χ3v) is 4.31. The van der Waals surface area contributed by atoms with Crippen LogP contribution in [-0.2, 0) is 14.8 Å². The van der Waals surface area contributed by atoms with Gasteiger partial charge in [0.2, 0.25) is 10.0 Å². The second-order valence-electron chi connectivity index (χ2n) is 5.03. The first-order chi connectivity index (χ1) is 9.72. The van der Waals surface area contributed by atoms with Gasteiger partial charge in [-0.25, -0.2) is 13.1 Å². The Kier molecular flexibility index (Phi) is 6.07. The van der Waals surface area contributed by atoms with Crippen molar-refractivity contribution in [3.8, 4) is 0 Å². The number of nitrogens with one attached hydrogen (secondary N) is 2. The Morgan fingerprint density at radius 1 is 1.38 bits per heavy atom. The van der Waals surface area contributed by atoms with Crippen LogP contribution in [0.25, 0.3) is 5.57 Å². The number of sulfonamides is 1. The van der Waals surface area contributed by atoms with Crippen LogP contribution >= 0.6 is 0 Å². The molecule has 0 atom stereocenters. The number of allylic oxidation sites excluding steroid dienone is 1. The molecule has 0 aromatic heterocycles. The molecule has 0 unspecified atom stereocenters. The number of aliphatic carboxylic acids is 1. The highest BCUT2D eigenvalue weighted by atomic mass is 32.2. The van der Waals surface area contributed by atoms with Crippen LogP contribution in [0, 0.1) is 0 Å². The predicted octanol–water partition coefficient (Wildman–Crippen LogP) is -1.74. The summed E-state index contributed by atoms with van der Waals surface area (Å²) in [6.45, 7) is 2.59. The fraction of sp³-hybridized carbons (Fsp3) is 0.357. The van der Waals surface area contributed by atoms with Crippen LogP contribution in [0.15, 0.2) is 35.2 Å². The number of likely N-dealkylation sites (N-methyl/N-ethyl adjacent to an activating group) is 1. The zero-order chi connectivity index (χ0) is 16.0. The number of rotatable bonds is 7. The summed E-state index contributed by atoms with van der Waals surface area (Å²) in [6, 6.07) is 6.14. The average molecular weight is 312 g/mol. The molecular weight excluding hydrogens is 292 g/mol. The Hall–Kier alpha value is -1.70. The fourth-order valence-electron chi connectivity index (χ4n) is 1.69. The number of quaternary nitrogens is 1. The molecule has 1 aromatic rings. The minimum atomic E-state index is -3.59. The molecule has 21 heavy (non-hydrogen) atoms. The highest BCUT2D eigenvalue weighted by Gasteiger charge is 2.14. The predicted molar refractivity (Wildman–Crippen MR) is 78.0 cm³/mol. The molecular formula is C14H20N2O4S. The highest BCUT2D eigenvalue weighted by Crippen LogP contribution is 2.18. The van der Waals surface area contributed by atoms with Crippen molar-refractivity contribution in [2.24, 2.45) is 0 Å². The molecule has 6 nitrogen and oxygen atoms in total. The first kappa shape index (κ1) is 17.4. The summed E-state index contributed by atoms with van der Waals surface area (Å²) < 4.78 is 26.8. The van der Waals surface area contributed by atoms with E-state index in [1.807, 2.05) is 14.1 Å². The third-order valence-electron chi connectivity index (χ3n) is 2.85. The van der Waals surface area contributed by atoms with E-state index in [1.165, 1.54) is 12.1 Å². The minimum Gasteiger partial charge on any atom is -0.545 e. The first-order valence-corrected chi connectivity index (χ1v) is 7.99. The van der Waals surface area contributed by atoms with Gasteiger partial charge < -0.3 is 14.8 Å². The van der Waals surface area contributed by atoms with Crippen LogP contribution in [0.3, 0.4) is 0 Å². The molecule has 7 heteroatoms. The summed E-state index contributed by atoms with van der Waals surface area (Å²) in [5.41, 5.74) is 0.963.